The molecule has 0 amide bonds. The zero-order valence-corrected chi connectivity index (χ0v) is 20.6. The van der Waals surface area contributed by atoms with Gasteiger partial charge in [-0.2, -0.15) is 0 Å². The molecule has 30 heavy (non-hydrogen) atoms. The van der Waals surface area contributed by atoms with Crippen molar-refractivity contribution in [2.75, 3.05) is 26.0 Å². The molecular weight excluding hydrogens is 520 g/mol. The first-order valence-corrected chi connectivity index (χ1v) is 11.5. The van der Waals surface area contributed by atoms with Crippen molar-refractivity contribution >= 4 is 39.8 Å². The van der Waals surface area contributed by atoms with Crippen molar-refractivity contribution in [1.29, 1.82) is 0 Å². The summed E-state index contributed by atoms with van der Waals surface area (Å²) in [6.45, 7) is 5.76. The van der Waals surface area contributed by atoms with Crippen LogP contribution in [0.2, 0.25) is 0 Å². The molecule has 0 spiro atoms. The minimum atomic E-state index is -3.23. The van der Waals surface area contributed by atoms with Gasteiger partial charge in [-0.1, -0.05) is 23.8 Å². The fourth-order valence-corrected chi connectivity index (χ4v) is 3.49. The molecule has 6 nitrogen and oxygen atoms in total. The van der Waals surface area contributed by atoms with Gasteiger partial charge in [0, 0.05) is 12.8 Å². The van der Waals surface area contributed by atoms with Crippen LogP contribution in [-0.2, 0) is 22.1 Å². The minimum absolute atomic E-state index is 0. The van der Waals surface area contributed by atoms with Crippen LogP contribution in [0, 0.1) is 12.7 Å². The number of guanidine groups is 1. The van der Waals surface area contributed by atoms with Crippen LogP contribution in [0.5, 0.6) is 5.75 Å². The first-order valence-electron chi connectivity index (χ1n) is 9.43. The van der Waals surface area contributed by atoms with Gasteiger partial charge in [0.1, 0.15) is 18.2 Å². The summed E-state index contributed by atoms with van der Waals surface area (Å²) in [6, 6.07) is 11.9. The molecule has 2 N–H and O–H groups in total. The van der Waals surface area contributed by atoms with E-state index in [1.807, 2.05) is 38.1 Å². The third kappa shape index (κ3) is 9.75. The van der Waals surface area contributed by atoms with Crippen molar-refractivity contribution in [3.05, 3.63) is 65.0 Å². The van der Waals surface area contributed by atoms with Crippen LogP contribution in [0.15, 0.2) is 47.5 Å². The van der Waals surface area contributed by atoms with Gasteiger partial charge in [0.25, 0.3) is 0 Å². The van der Waals surface area contributed by atoms with E-state index >= 15 is 0 Å². The zero-order valence-electron chi connectivity index (χ0n) is 17.4. The lowest BCUT2D eigenvalue weighted by Crippen LogP contribution is -2.39. The van der Waals surface area contributed by atoms with Crippen LogP contribution in [0.3, 0.4) is 0 Å². The molecule has 0 aliphatic carbocycles. The summed E-state index contributed by atoms with van der Waals surface area (Å²) in [6.07, 6.45) is 1.16. The lowest BCUT2D eigenvalue weighted by Gasteiger charge is -2.13. The number of sulfone groups is 1. The van der Waals surface area contributed by atoms with Crippen molar-refractivity contribution in [3.8, 4) is 5.75 Å². The molecule has 0 atom stereocenters. The zero-order chi connectivity index (χ0) is 21.3. The number of halogens is 2. The van der Waals surface area contributed by atoms with E-state index in [1.54, 1.807) is 0 Å². The van der Waals surface area contributed by atoms with Gasteiger partial charge in [-0.25, -0.2) is 17.8 Å². The highest BCUT2D eigenvalue weighted by atomic mass is 127. The summed E-state index contributed by atoms with van der Waals surface area (Å²) in [7, 11) is -3.23. The maximum atomic E-state index is 13.6. The first-order chi connectivity index (χ1) is 13.8. The molecule has 0 heterocycles. The van der Waals surface area contributed by atoms with Crippen LogP contribution in [-0.4, -0.2) is 40.3 Å². The summed E-state index contributed by atoms with van der Waals surface area (Å²) in [4.78, 5) is 4.45. The highest BCUT2D eigenvalue weighted by Crippen LogP contribution is 2.15. The molecule has 2 rings (SSSR count). The molecule has 0 aliphatic rings. The van der Waals surface area contributed by atoms with Crippen LogP contribution in [0.1, 0.15) is 23.6 Å². The Kier molecular flexibility index (Phi) is 11.1. The predicted octanol–water partition coefficient (Wildman–Crippen LogP) is 3.43. The second kappa shape index (κ2) is 12.7. The maximum Gasteiger partial charge on any atom is 0.191 e. The number of hydrogen-bond donors (Lipinski definition) is 2. The van der Waals surface area contributed by atoms with Gasteiger partial charge in [0.15, 0.2) is 15.8 Å². The van der Waals surface area contributed by atoms with Crippen LogP contribution < -0.4 is 15.4 Å². The van der Waals surface area contributed by atoms with Gasteiger partial charge in [-0.05, 0) is 49.2 Å². The largest absolute Gasteiger partial charge is 0.492 e. The van der Waals surface area contributed by atoms with Crippen molar-refractivity contribution in [1.82, 2.24) is 10.6 Å². The fraction of sp³-hybridized carbons (Fsp3) is 0.381. The quantitative estimate of drug-likeness (QED) is 0.217. The van der Waals surface area contributed by atoms with Crippen LogP contribution in [0.25, 0.3) is 0 Å². The van der Waals surface area contributed by atoms with Crippen molar-refractivity contribution in [2.45, 2.75) is 26.1 Å². The second-order valence-corrected chi connectivity index (χ2v) is 8.91. The number of aryl methyl sites for hydroxylation is 1. The number of benzene rings is 2. The molecule has 0 fully saturated rings. The topological polar surface area (TPSA) is 79.8 Å². The van der Waals surface area contributed by atoms with Crippen LogP contribution in [0.4, 0.5) is 4.39 Å². The van der Waals surface area contributed by atoms with Crippen molar-refractivity contribution in [3.63, 3.8) is 0 Å². The molecule has 0 unspecified atom stereocenters. The Morgan fingerprint density at radius 2 is 1.80 bits per heavy atom. The number of hydrogen-bond acceptors (Lipinski definition) is 4. The summed E-state index contributed by atoms with van der Waals surface area (Å²) in [5.41, 5.74) is 2.27. The Morgan fingerprint density at radius 1 is 1.10 bits per heavy atom. The number of nitrogens with zero attached hydrogens (tertiary/aromatic N) is 1. The molecule has 0 bridgehead atoms. The van der Waals surface area contributed by atoms with Gasteiger partial charge in [0.2, 0.25) is 0 Å². The molecular formula is C21H29FIN3O3S. The normalized spacial score (nSPS) is 11.5. The Bertz CT molecular complexity index is 935. The molecule has 0 aliphatic heterocycles. The van der Waals surface area contributed by atoms with Gasteiger partial charge in [-0.3, -0.25) is 0 Å². The standard InChI is InChI=1S/C21H28FN3O3S.HI/c1-4-23-21(24-11-12-28-20-9-5-16(2)6-10-20)25-14-18-13-19(22)8-7-17(18)15-29(3,26)27;/h5-10,13H,4,11-12,14-15H2,1-3H3,(H2,23,24,25);1H. The van der Waals surface area contributed by atoms with Gasteiger partial charge < -0.3 is 15.4 Å². The van der Waals surface area contributed by atoms with E-state index in [1.165, 1.54) is 23.8 Å². The SMILES string of the molecule is CCNC(=NCc1cc(F)ccc1CS(C)(=O)=O)NCCOc1ccc(C)cc1.I. The third-order valence-corrected chi connectivity index (χ3v) is 4.86. The summed E-state index contributed by atoms with van der Waals surface area (Å²) >= 11 is 0. The number of ether oxygens (including phenoxy) is 1. The van der Waals surface area contributed by atoms with E-state index < -0.39 is 15.7 Å². The number of rotatable bonds is 9. The predicted molar refractivity (Wildman–Crippen MR) is 130 cm³/mol. The van der Waals surface area contributed by atoms with Crippen molar-refractivity contribution < 1.29 is 17.5 Å². The van der Waals surface area contributed by atoms with E-state index in [-0.39, 0.29) is 36.3 Å². The molecule has 0 saturated carbocycles. The summed E-state index contributed by atoms with van der Waals surface area (Å²) in [5, 5.41) is 6.27. The third-order valence-electron chi connectivity index (χ3n) is 4.02. The maximum absolute atomic E-state index is 13.6. The lowest BCUT2D eigenvalue weighted by atomic mass is 10.1. The average molecular weight is 549 g/mol. The fourth-order valence-electron chi connectivity index (χ4n) is 2.64. The Morgan fingerprint density at radius 3 is 2.43 bits per heavy atom. The van der Waals surface area contributed by atoms with E-state index in [4.69, 9.17) is 4.74 Å². The molecule has 9 heteroatoms. The Hall–Kier alpha value is -1.88. The summed E-state index contributed by atoms with van der Waals surface area (Å²) < 4.78 is 42.6. The first kappa shape index (κ1) is 26.2. The Balaban J connectivity index is 0.00000450. The molecule has 166 valence electrons. The summed E-state index contributed by atoms with van der Waals surface area (Å²) in [5.74, 6) is 0.781. The number of nitrogens with one attached hydrogen (secondary N) is 2. The molecule has 0 aromatic heterocycles. The second-order valence-electron chi connectivity index (χ2n) is 6.77. The molecule has 2 aromatic carbocycles. The smallest absolute Gasteiger partial charge is 0.191 e. The Labute approximate surface area is 195 Å². The van der Waals surface area contributed by atoms with E-state index in [2.05, 4.69) is 15.6 Å². The highest BCUT2D eigenvalue weighted by molar-refractivity contribution is 14.0. The molecule has 0 saturated heterocycles. The van der Waals surface area contributed by atoms with Gasteiger partial charge >= 0.3 is 0 Å². The number of aliphatic imine (C=N–C) groups is 1. The van der Waals surface area contributed by atoms with Crippen molar-refractivity contribution in [2.24, 2.45) is 4.99 Å². The van der Waals surface area contributed by atoms with Gasteiger partial charge in [0.05, 0.1) is 18.8 Å². The lowest BCUT2D eigenvalue weighted by molar-refractivity contribution is 0.322. The highest BCUT2D eigenvalue weighted by Gasteiger charge is 2.10. The van der Waals surface area contributed by atoms with E-state index in [9.17, 15) is 12.8 Å². The van der Waals surface area contributed by atoms with E-state index in [0.717, 1.165) is 12.0 Å². The molecule has 0 radical (unpaired) electrons. The average Bonchev–Trinajstić information content (AvgIpc) is 2.65. The monoisotopic (exact) mass is 549 g/mol. The minimum Gasteiger partial charge on any atom is -0.492 e. The molecule has 2 aromatic rings. The van der Waals surface area contributed by atoms with Crippen LogP contribution >= 0.6 is 24.0 Å². The van der Waals surface area contributed by atoms with Gasteiger partial charge in [-0.15, -0.1) is 24.0 Å². The van der Waals surface area contributed by atoms with E-state index in [0.29, 0.717) is 36.8 Å².